The van der Waals surface area contributed by atoms with Gasteiger partial charge >= 0.3 is 0 Å². The summed E-state index contributed by atoms with van der Waals surface area (Å²) < 4.78 is 1.98. The van der Waals surface area contributed by atoms with E-state index in [1.54, 1.807) is 0 Å². The molecule has 18 heavy (non-hydrogen) atoms. The summed E-state index contributed by atoms with van der Waals surface area (Å²) in [5.74, 6) is 0. The smallest absolute Gasteiger partial charge is 0.0628 e. The summed E-state index contributed by atoms with van der Waals surface area (Å²) in [6, 6.07) is 0. The molecule has 0 bridgehead atoms. The Hall–Kier alpha value is -0.870. The van der Waals surface area contributed by atoms with E-state index in [-0.39, 0.29) is 0 Å². The molecule has 1 aromatic rings. The van der Waals surface area contributed by atoms with Gasteiger partial charge in [0.1, 0.15) is 0 Å². The molecule has 0 saturated heterocycles. The quantitative estimate of drug-likeness (QED) is 0.655. The highest BCUT2D eigenvalue weighted by Gasteiger charge is 2.07. The molecule has 0 atom stereocenters. The third-order valence-electron chi connectivity index (χ3n) is 3.40. The number of hydrogen-bond donors (Lipinski definition) is 2. The fraction of sp³-hybridized carbons (Fsp3) is 0.786. The van der Waals surface area contributed by atoms with Crippen molar-refractivity contribution >= 4 is 0 Å². The molecule has 0 aliphatic heterocycles. The fourth-order valence-electron chi connectivity index (χ4n) is 2.21. The van der Waals surface area contributed by atoms with Crippen LogP contribution >= 0.6 is 0 Å². The van der Waals surface area contributed by atoms with Crippen molar-refractivity contribution in [1.29, 1.82) is 0 Å². The van der Waals surface area contributed by atoms with Crippen molar-refractivity contribution < 1.29 is 0 Å². The van der Waals surface area contributed by atoms with Gasteiger partial charge in [0.2, 0.25) is 0 Å². The van der Waals surface area contributed by atoms with Gasteiger partial charge in [0.05, 0.1) is 5.69 Å². The minimum absolute atomic E-state index is 1.07. The zero-order valence-electron chi connectivity index (χ0n) is 12.3. The van der Waals surface area contributed by atoms with E-state index in [0.717, 1.165) is 32.6 Å². The Kier molecular flexibility index (Phi) is 6.98. The van der Waals surface area contributed by atoms with Crippen molar-refractivity contribution in [3.05, 3.63) is 17.0 Å². The van der Waals surface area contributed by atoms with Crippen LogP contribution in [-0.4, -0.2) is 36.0 Å². The molecule has 0 saturated carbocycles. The molecule has 1 aromatic heterocycles. The lowest BCUT2D eigenvalue weighted by molar-refractivity contribution is 0.592. The second kappa shape index (κ2) is 8.27. The Labute approximate surface area is 111 Å². The predicted octanol–water partition coefficient (Wildman–Crippen LogP) is 1.56. The van der Waals surface area contributed by atoms with Crippen molar-refractivity contribution in [2.75, 3.05) is 26.2 Å². The van der Waals surface area contributed by atoms with Gasteiger partial charge in [-0.3, -0.25) is 4.68 Å². The number of nitrogens with zero attached hydrogens (tertiary/aromatic N) is 2. The van der Waals surface area contributed by atoms with Gasteiger partial charge < -0.3 is 10.6 Å². The molecule has 4 nitrogen and oxygen atoms in total. The summed E-state index contributed by atoms with van der Waals surface area (Å²) in [5.41, 5.74) is 3.91. The fourth-order valence-corrected chi connectivity index (χ4v) is 2.21. The third kappa shape index (κ3) is 4.78. The van der Waals surface area contributed by atoms with E-state index in [2.05, 4.69) is 36.5 Å². The second-order valence-corrected chi connectivity index (χ2v) is 4.83. The van der Waals surface area contributed by atoms with Crippen molar-refractivity contribution in [2.45, 2.75) is 40.0 Å². The largest absolute Gasteiger partial charge is 0.317 e. The van der Waals surface area contributed by atoms with Gasteiger partial charge in [-0.1, -0.05) is 6.92 Å². The highest BCUT2D eigenvalue weighted by molar-refractivity contribution is 5.24. The van der Waals surface area contributed by atoms with Crippen LogP contribution in [-0.2, 0) is 13.5 Å². The first-order valence-corrected chi connectivity index (χ1v) is 7.07. The average molecular weight is 252 g/mol. The maximum absolute atomic E-state index is 4.45. The van der Waals surface area contributed by atoms with Gasteiger partial charge in [0, 0.05) is 12.7 Å². The normalized spacial score (nSPS) is 11.1. The molecule has 2 N–H and O–H groups in total. The number of nitrogens with one attached hydrogen (secondary N) is 2. The summed E-state index contributed by atoms with van der Waals surface area (Å²) in [7, 11) is 2.02. The van der Waals surface area contributed by atoms with Gasteiger partial charge in [-0.25, -0.2) is 0 Å². The van der Waals surface area contributed by atoms with Crippen molar-refractivity contribution in [3.63, 3.8) is 0 Å². The summed E-state index contributed by atoms with van der Waals surface area (Å²) in [6.45, 7) is 10.8. The standard InChI is InChI=1S/C14H28N4/c1-5-15-10-7-11-16-9-6-8-14-12(2)17-18(4)13(14)3/h15-16H,5-11H2,1-4H3. The number of aromatic nitrogens is 2. The molecule has 1 heterocycles. The Morgan fingerprint density at radius 2 is 1.72 bits per heavy atom. The molecule has 0 unspecified atom stereocenters. The van der Waals surface area contributed by atoms with E-state index < -0.39 is 0 Å². The molecule has 0 radical (unpaired) electrons. The van der Waals surface area contributed by atoms with Crippen molar-refractivity contribution in [3.8, 4) is 0 Å². The maximum atomic E-state index is 4.45. The predicted molar refractivity (Wildman–Crippen MR) is 77.0 cm³/mol. The lowest BCUT2D eigenvalue weighted by Gasteiger charge is -2.05. The van der Waals surface area contributed by atoms with Crippen molar-refractivity contribution in [2.24, 2.45) is 7.05 Å². The summed E-state index contributed by atoms with van der Waals surface area (Å²) in [5, 5.41) is 11.3. The zero-order valence-corrected chi connectivity index (χ0v) is 12.3. The van der Waals surface area contributed by atoms with Gasteiger partial charge in [-0.05, 0) is 64.9 Å². The Bertz CT molecular complexity index is 344. The zero-order chi connectivity index (χ0) is 13.4. The number of hydrogen-bond acceptors (Lipinski definition) is 3. The van der Waals surface area contributed by atoms with E-state index in [4.69, 9.17) is 0 Å². The van der Waals surface area contributed by atoms with Crippen LogP contribution < -0.4 is 10.6 Å². The maximum Gasteiger partial charge on any atom is 0.0628 e. The van der Waals surface area contributed by atoms with E-state index in [1.807, 2.05) is 11.7 Å². The first-order chi connectivity index (χ1) is 8.66. The highest BCUT2D eigenvalue weighted by atomic mass is 15.3. The Morgan fingerprint density at radius 1 is 1.06 bits per heavy atom. The van der Waals surface area contributed by atoms with Crippen molar-refractivity contribution in [1.82, 2.24) is 20.4 Å². The van der Waals surface area contributed by atoms with E-state index in [0.29, 0.717) is 0 Å². The van der Waals surface area contributed by atoms with E-state index in [9.17, 15) is 0 Å². The molecule has 104 valence electrons. The highest BCUT2D eigenvalue weighted by Crippen LogP contribution is 2.13. The lowest BCUT2D eigenvalue weighted by Crippen LogP contribution is -2.22. The van der Waals surface area contributed by atoms with E-state index in [1.165, 1.54) is 29.8 Å². The van der Waals surface area contributed by atoms with Gasteiger partial charge in [0.15, 0.2) is 0 Å². The molecule has 1 rings (SSSR count). The van der Waals surface area contributed by atoms with Crippen LogP contribution in [0, 0.1) is 13.8 Å². The van der Waals surface area contributed by atoms with Gasteiger partial charge in [0.25, 0.3) is 0 Å². The monoisotopic (exact) mass is 252 g/mol. The van der Waals surface area contributed by atoms with Gasteiger partial charge in [-0.15, -0.1) is 0 Å². The molecular weight excluding hydrogens is 224 g/mol. The van der Waals surface area contributed by atoms with Crippen LogP contribution in [0.15, 0.2) is 0 Å². The van der Waals surface area contributed by atoms with Gasteiger partial charge in [-0.2, -0.15) is 5.10 Å². The third-order valence-corrected chi connectivity index (χ3v) is 3.40. The molecular formula is C14H28N4. The second-order valence-electron chi connectivity index (χ2n) is 4.83. The molecule has 0 spiro atoms. The van der Waals surface area contributed by atoms with Crippen LogP contribution in [0.3, 0.4) is 0 Å². The summed E-state index contributed by atoms with van der Waals surface area (Å²) in [6.07, 6.45) is 3.53. The SMILES string of the molecule is CCNCCCNCCCc1c(C)nn(C)c1C. The molecule has 0 fully saturated rings. The molecule has 0 aromatic carbocycles. The van der Waals surface area contributed by atoms with E-state index >= 15 is 0 Å². The Morgan fingerprint density at radius 3 is 2.33 bits per heavy atom. The number of rotatable bonds is 9. The van der Waals surface area contributed by atoms with Crippen LogP contribution in [0.1, 0.15) is 36.7 Å². The summed E-state index contributed by atoms with van der Waals surface area (Å²) >= 11 is 0. The first-order valence-electron chi connectivity index (χ1n) is 7.07. The topological polar surface area (TPSA) is 41.9 Å². The van der Waals surface area contributed by atoms with Crippen LogP contribution in [0.4, 0.5) is 0 Å². The first kappa shape index (κ1) is 15.2. The molecule has 0 aliphatic rings. The minimum Gasteiger partial charge on any atom is -0.317 e. The lowest BCUT2D eigenvalue weighted by atomic mass is 10.1. The molecule has 4 heteroatoms. The van der Waals surface area contributed by atoms with Crippen LogP contribution in [0.25, 0.3) is 0 Å². The van der Waals surface area contributed by atoms with Crippen LogP contribution in [0.2, 0.25) is 0 Å². The average Bonchev–Trinajstić information content (AvgIpc) is 2.58. The Balaban J connectivity index is 2.11. The van der Waals surface area contributed by atoms with Crippen LogP contribution in [0.5, 0.6) is 0 Å². The molecule has 0 aliphatic carbocycles. The summed E-state index contributed by atoms with van der Waals surface area (Å²) in [4.78, 5) is 0. The minimum atomic E-state index is 1.07. The molecule has 0 amide bonds. The number of aryl methyl sites for hydroxylation is 2.